The Labute approximate surface area is 86.5 Å². The van der Waals surface area contributed by atoms with Crippen LogP contribution in [0.1, 0.15) is 19.6 Å². The molecular formula is C9H14BrNO2. The van der Waals surface area contributed by atoms with E-state index in [0.717, 1.165) is 10.4 Å². The van der Waals surface area contributed by atoms with Crippen molar-refractivity contribution in [3.63, 3.8) is 0 Å². The lowest BCUT2D eigenvalue weighted by Crippen LogP contribution is -2.16. The molecule has 0 saturated carbocycles. The Kier molecular flexibility index (Phi) is 4.48. The van der Waals surface area contributed by atoms with Gasteiger partial charge in [0, 0.05) is 0 Å². The third-order valence-electron chi connectivity index (χ3n) is 1.39. The number of rotatable bonds is 5. The minimum atomic E-state index is 0.538. The molecule has 0 amide bonds. The van der Waals surface area contributed by atoms with Gasteiger partial charge in [-0.05, 0) is 34.0 Å². The van der Waals surface area contributed by atoms with Crippen LogP contribution in [0.3, 0.4) is 0 Å². The van der Waals surface area contributed by atoms with Crippen LogP contribution in [-0.4, -0.2) is 6.61 Å². The summed E-state index contributed by atoms with van der Waals surface area (Å²) in [5.74, 6) is 1.39. The molecule has 1 aromatic heterocycles. The van der Waals surface area contributed by atoms with E-state index in [9.17, 15) is 0 Å². The third kappa shape index (κ3) is 4.45. The highest BCUT2D eigenvalue weighted by molar-refractivity contribution is 9.10. The van der Waals surface area contributed by atoms with E-state index in [1.165, 1.54) is 0 Å². The molecule has 0 radical (unpaired) electrons. The number of hydrogen-bond donors (Lipinski definition) is 1. The van der Waals surface area contributed by atoms with Crippen LogP contribution in [0.5, 0.6) is 0 Å². The lowest BCUT2D eigenvalue weighted by atomic mass is 10.2. The first-order chi connectivity index (χ1) is 6.18. The molecule has 0 aliphatic rings. The highest BCUT2D eigenvalue weighted by Crippen LogP contribution is 2.13. The average Bonchev–Trinajstić information content (AvgIpc) is 2.45. The number of furan rings is 1. The van der Waals surface area contributed by atoms with Gasteiger partial charge in [-0.1, -0.05) is 13.8 Å². The zero-order chi connectivity index (χ0) is 9.68. The Morgan fingerprint density at radius 1 is 1.54 bits per heavy atom. The van der Waals surface area contributed by atoms with Crippen molar-refractivity contribution in [1.82, 2.24) is 5.48 Å². The van der Waals surface area contributed by atoms with Gasteiger partial charge in [0.25, 0.3) is 0 Å². The molecule has 0 fully saturated rings. The molecule has 1 rings (SSSR count). The summed E-state index contributed by atoms with van der Waals surface area (Å²) in [5.41, 5.74) is 2.83. The van der Waals surface area contributed by atoms with Crippen molar-refractivity contribution in [3.8, 4) is 0 Å². The smallest absolute Gasteiger partial charge is 0.169 e. The SMILES string of the molecule is CC(C)CONCc1ccc(Br)o1. The van der Waals surface area contributed by atoms with Gasteiger partial charge in [0.1, 0.15) is 5.76 Å². The van der Waals surface area contributed by atoms with Crippen molar-refractivity contribution in [1.29, 1.82) is 0 Å². The van der Waals surface area contributed by atoms with E-state index in [4.69, 9.17) is 9.25 Å². The van der Waals surface area contributed by atoms with Gasteiger partial charge in [0.2, 0.25) is 0 Å². The van der Waals surface area contributed by atoms with Crippen molar-refractivity contribution in [3.05, 3.63) is 22.6 Å². The Balaban J connectivity index is 2.13. The Hall–Kier alpha value is -0.320. The molecule has 13 heavy (non-hydrogen) atoms. The van der Waals surface area contributed by atoms with E-state index in [1.54, 1.807) is 0 Å². The second-order valence-corrected chi connectivity index (χ2v) is 4.01. The van der Waals surface area contributed by atoms with Crippen LogP contribution in [0.25, 0.3) is 0 Å². The molecule has 4 heteroatoms. The van der Waals surface area contributed by atoms with Gasteiger partial charge in [-0.15, -0.1) is 0 Å². The molecule has 0 atom stereocenters. The molecular weight excluding hydrogens is 234 g/mol. The van der Waals surface area contributed by atoms with Gasteiger partial charge in [-0.25, -0.2) is 0 Å². The van der Waals surface area contributed by atoms with Gasteiger partial charge in [0.15, 0.2) is 4.67 Å². The molecule has 0 bridgehead atoms. The summed E-state index contributed by atoms with van der Waals surface area (Å²) in [5, 5.41) is 0. The number of hydrogen-bond acceptors (Lipinski definition) is 3. The molecule has 1 aromatic rings. The second-order valence-electron chi connectivity index (χ2n) is 3.23. The van der Waals surface area contributed by atoms with Crippen LogP contribution >= 0.6 is 15.9 Å². The second kappa shape index (κ2) is 5.42. The summed E-state index contributed by atoms with van der Waals surface area (Å²) in [4.78, 5) is 5.18. The fourth-order valence-corrected chi connectivity index (χ4v) is 1.13. The molecule has 0 saturated heterocycles. The summed E-state index contributed by atoms with van der Waals surface area (Å²) < 4.78 is 6.01. The largest absolute Gasteiger partial charge is 0.453 e. The Morgan fingerprint density at radius 2 is 2.31 bits per heavy atom. The van der Waals surface area contributed by atoms with E-state index in [2.05, 4.69) is 35.3 Å². The van der Waals surface area contributed by atoms with Gasteiger partial charge in [0.05, 0.1) is 13.2 Å². The van der Waals surface area contributed by atoms with E-state index in [0.29, 0.717) is 19.1 Å². The zero-order valence-electron chi connectivity index (χ0n) is 7.84. The molecule has 0 aliphatic heterocycles. The Bertz CT molecular complexity index is 248. The van der Waals surface area contributed by atoms with Crippen LogP contribution in [0, 0.1) is 5.92 Å². The first-order valence-corrected chi connectivity index (χ1v) is 5.06. The highest BCUT2D eigenvalue weighted by Gasteiger charge is 1.99. The standard InChI is InChI=1S/C9H14BrNO2/c1-7(2)6-12-11-5-8-3-4-9(10)13-8/h3-4,7,11H,5-6H2,1-2H3. The maximum Gasteiger partial charge on any atom is 0.169 e. The number of hydroxylamine groups is 1. The molecule has 0 aromatic carbocycles. The number of halogens is 1. The first kappa shape index (κ1) is 10.8. The Morgan fingerprint density at radius 3 is 2.85 bits per heavy atom. The van der Waals surface area contributed by atoms with Gasteiger partial charge in [-0.3, -0.25) is 0 Å². The molecule has 3 nitrogen and oxygen atoms in total. The summed E-state index contributed by atoms with van der Waals surface area (Å²) in [6, 6.07) is 3.76. The van der Waals surface area contributed by atoms with Crippen molar-refractivity contribution < 1.29 is 9.25 Å². The predicted molar refractivity (Wildman–Crippen MR) is 54.0 cm³/mol. The molecule has 1 heterocycles. The van der Waals surface area contributed by atoms with E-state index in [1.807, 2.05) is 12.1 Å². The molecule has 0 spiro atoms. The van der Waals surface area contributed by atoms with Crippen LogP contribution in [0.4, 0.5) is 0 Å². The lowest BCUT2D eigenvalue weighted by Gasteiger charge is -2.05. The molecule has 1 N–H and O–H groups in total. The summed E-state index contributed by atoms with van der Waals surface area (Å²) >= 11 is 3.23. The average molecular weight is 248 g/mol. The van der Waals surface area contributed by atoms with Crippen LogP contribution in [0.15, 0.2) is 21.2 Å². The molecule has 74 valence electrons. The third-order valence-corrected chi connectivity index (χ3v) is 1.82. The maximum absolute atomic E-state index is 5.26. The summed E-state index contributed by atoms with van der Waals surface area (Å²) in [6.07, 6.45) is 0. The monoisotopic (exact) mass is 247 g/mol. The molecule has 0 unspecified atom stereocenters. The minimum Gasteiger partial charge on any atom is -0.453 e. The van der Waals surface area contributed by atoms with E-state index >= 15 is 0 Å². The first-order valence-electron chi connectivity index (χ1n) is 4.27. The summed E-state index contributed by atoms with van der Waals surface area (Å²) in [7, 11) is 0. The van der Waals surface area contributed by atoms with Crippen LogP contribution < -0.4 is 5.48 Å². The van der Waals surface area contributed by atoms with Crippen molar-refractivity contribution in [2.45, 2.75) is 20.4 Å². The quantitative estimate of drug-likeness (QED) is 0.642. The van der Waals surface area contributed by atoms with E-state index in [-0.39, 0.29) is 0 Å². The van der Waals surface area contributed by atoms with Crippen molar-refractivity contribution >= 4 is 15.9 Å². The van der Waals surface area contributed by atoms with Crippen molar-refractivity contribution in [2.24, 2.45) is 5.92 Å². The fourth-order valence-electron chi connectivity index (χ4n) is 0.795. The number of nitrogens with one attached hydrogen (secondary N) is 1. The lowest BCUT2D eigenvalue weighted by molar-refractivity contribution is 0.0164. The van der Waals surface area contributed by atoms with Gasteiger partial charge >= 0.3 is 0 Å². The fraction of sp³-hybridized carbons (Fsp3) is 0.556. The highest BCUT2D eigenvalue weighted by atomic mass is 79.9. The minimum absolute atomic E-state index is 0.538. The maximum atomic E-state index is 5.26. The van der Waals surface area contributed by atoms with Gasteiger partial charge < -0.3 is 9.25 Å². The topological polar surface area (TPSA) is 34.4 Å². The van der Waals surface area contributed by atoms with Crippen LogP contribution in [0.2, 0.25) is 0 Å². The normalized spacial score (nSPS) is 11.1. The van der Waals surface area contributed by atoms with Crippen LogP contribution in [-0.2, 0) is 11.4 Å². The summed E-state index contributed by atoms with van der Waals surface area (Å²) in [6.45, 7) is 5.51. The van der Waals surface area contributed by atoms with Crippen molar-refractivity contribution in [2.75, 3.05) is 6.61 Å². The zero-order valence-corrected chi connectivity index (χ0v) is 9.43. The molecule has 0 aliphatic carbocycles. The predicted octanol–water partition coefficient (Wildman–Crippen LogP) is 2.72. The van der Waals surface area contributed by atoms with E-state index < -0.39 is 0 Å². The van der Waals surface area contributed by atoms with Gasteiger partial charge in [-0.2, -0.15) is 5.48 Å².